The molecule has 11 rings (SSSR count). The number of imide groups is 2. The first kappa shape index (κ1) is 53.7. The Morgan fingerprint density at radius 3 is 1.18 bits per heavy atom. The predicted octanol–water partition coefficient (Wildman–Crippen LogP) is 8.52. The minimum absolute atomic E-state index is 0. The largest absolute Gasteiger partial charge is 0.392 e. The Balaban J connectivity index is 0.000000154. The summed E-state index contributed by atoms with van der Waals surface area (Å²) in [5, 5.41) is 19.8. The number of rotatable bonds is 11. The number of aliphatic hydroxyl groups excluding tert-OH is 2. The molecule has 6 N–H and O–H groups in total. The van der Waals surface area contributed by atoms with Crippen molar-refractivity contribution < 1.29 is 34.1 Å². The minimum Gasteiger partial charge on any atom is -0.392 e. The quantitative estimate of drug-likeness (QED) is 0.0573. The Morgan fingerprint density at radius 2 is 0.838 bits per heavy atom. The van der Waals surface area contributed by atoms with Crippen molar-refractivity contribution in [3.63, 3.8) is 0 Å². The number of fused-ring (bicyclic) bond motifs is 5. The van der Waals surface area contributed by atoms with E-state index < -0.39 is 6.10 Å². The topological polar surface area (TPSA) is 180 Å². The van der Waals surface area contributed by atoms with Crippen LogP contribution in [0.3, 0.4) is 0 Å². The Bertz CT molecular complexity index is 2380. The average Bonchev–Trinajstić information content (AvgIpc) is 3.58. The van der Waals surface area contributed by atoms with Gasteiger partial charge in [0, 0.05) is 49.8 Å². The molecule has 14 heteroatoms. The first-order valence-corrected chi connectivity index (χ1v) is 29.5. The lowest BCUT2D eigenvalue weighted by molar-refractivity contribution is 0.0524. The van der Waals surface area contributed by atoms with Gasteiger partial charge in [0.25, 0.3) is 23.6 Å². The Hall–Kier alpha value is -3.63. The van der Waals surface area contributed by atoms with Crippen LogP contribution in [0.15, 0.2) is 121 Å². The molecule has 68 heavy (non-hydrogen) atoms. The van der Waals surface area contributed by atoms with E-state index in [1.54, 1.807) is 48.5 Å². The summed E-state index contributed by atoms with van der Waals surface area (Å²) in [5.74, 6) is 0.246. The SMILES string of the molecule is I.II.NC1Cc2ccccc2C1.NCC(O)CCC1Cc2ccccc2C1.O=C1c2ccccc2C(=O)N1CC(O)CCC1Cc2ccccc2C1.O=C1c2ccccc2C(=O)N1CC1CO1. The van der Waals surface area contributed by atoms with Crippen LogP contribution in [0.5, 0.6) is 0 Å². The Kier molecular flexibility index (Phi) is 20.5. The first-order valence-electron chi connectivity index (χ1n) is 23.2. The minimum atomic E-state index is -0.675. The van der Waals surface area contributed by atoms with Gasteiger partial charge in [-0.25, -0.2) is 0 Å². The van der Waals surface area contributed by atoms with Gasteiger partial charge in [-0.2, -0.15) is 0 Å². The summed E-state index contributed by atoms with van der Waals surface area (Å²) in [6, 6.07) is 39.7. The van der Waals surface area contributed by atoms with Gasteiger partial charge in [-0.3, -0.25) is 29.0 Å². The third kappa shape index (κ3) is 13.8. The van der Waals surface area contributed by atoms with Crippen LogP contribution in [-0.2, 0) is 43.3 Å². The summed E-state index contributed by atoms with van der Waals surface area (Å²) >= 11 is 4.24. The highest BCUT2D eigenvalue weighted by atomic mass is 128. The van der Waals surface area contributed by atoms with Crippen LogP contribution in [0.4, 0.5) is 0 Å². The fourth-order valence-corrected chi connectivity index (χ4v) is 9.76. The molecule has 4 amide bonds. The smallest absolute Gasteiger partial charge is 0.261 e. The van der Waals surface area contributed by atoms with Crippen LogP contribution in [0, 0.1) is 11.8 Å². The highest BCUT2D eigenvalue weighted by molar-refractivity contribution is 15.0. The number of halogens is 3. The number of benzene rings is 5. The van der Waals surface area contributed by atoms with Gasteiger partial charge in [0.15, 0.2) is 0 Å². The summed E-state index contributed by atoms with van der Waals surface area (Å²) in [4.78, 5) is 50.8. The van der Waals surface area contributed by atoms with E-state index in [0.29, 0.717) is 66.2 Å². The second-order valence-corrected chi connectivity index (χ2v) is 18.2. The fourth-order valence-electron chi connectivity index (χ4n) is 9.76. The number of hydrogen-bond donors (Lipinski definition) is 4. The van der Waals surface area contributed by atoms with E-state index in [1.807, 2.05) is 0 Å². The number of amides is 4. The van der Waals surface area contributed by atoms with E-state index in [4.69, 9.17) is 16.2 Å². The maximum atomic E-state index is 12.3. The lowest BCUT2D eigenvalue weighted by Crippen LogP contribution is -2.37. The van der Waals surface area contributed by atoms with Gasteiger partial charge in [0.05, 0.1) is 60.3 Å². The third-order valence-electron chi connectivity index (χ3n) is 13.4. The van der Waals surface area contributed by atoms with Crippen molar-refractivity contribution in [1.82, 2.24) is 9.80 Å². The Labute approximate surface area is 440 Å². The Morgan fingerprint density at radius 1 is 0.529 bits per heavy atom. The highest BCUT2D eigenvalue weighted by Crippen LogP contribution is 2.32. The molecule has 1 fully saturated rings. The molecule has 0 spiro atoms. The fraction of sp³-hybridized carbons (Fsp3) is 0.370. The van der Waals surface area contributed by atoms with E-state index in [9.17, 15) is 29.4 Å². The van der Waals surface area contributed by atoms with E-state index in [-0.39, 0.29) is 66.4 Å². The molecule has 3 atom stereocenters. The van der Waals surface area contributed by atoms with E-state index >= 15 is 0 Å². The summed E-state index contributed by atoms with van der Waals surface area (Å²) in [7, 11) is 0. The molecule has 0 bridgehead atoms. The van der Waals surface area contributed by atoms with Crippen LogP contribution < -0.4 is 11.5 Å². The summed E-state index contributed by atoms with van der Waals surface area (Å²) in [5.41, 5.74) is 21.7. The molecule has 360 valence electrons. The number of aliphatic hydroxyl groups is 2. The van der Waals surface area contributed by atoms with Crippen LogP contribution in [0.25, 0.3) is 0 Å². The van der Waals surface area contributed by atoms with Gasteiger partial charge >= 0.3 is 0 Å². The molecule has 5 aromatic carbocycles. The van der Waals surface area contributed by atoms with Crippen LogP contribution in [-0.4, -0.2) is 94.2 Å². The highest BCUT2D eigenvalue weighted by Gasteiger charge is 2.39. The average molecular weight is 1260 g/mol. The monoisotopic (exact) mass is 1260 g/mol. The second-order valence-electron chi connectivity index (χ2n) is 18.2. The summed E-state index contributed by atoms with van der Waals surface area (Å²) < 4.78 is 5.02. The van der Waals surface area contributed by atoms with Gasteiger partial charge in [0.2, 0.25) is 0 Å². The first-order chi connectivity index (χ1) is 32.6. The molecule has 6 aliphatic rings. The maximum absolute atomic E-state index is 12.3. The van der Waals surface area contributed by atoms with Crippen molar-refractivity contribution in [3.8, 4) is 0 Å². The number of epoxide rings is 1. The van der Waals surface area contributed by atoms with Gasteiger partial charge in [-0.1, -0.05) is 97.1 Å². The number of β-amino-alcohol motifs (C(OH)–C–C–N with tert-alkyl or cyclic N) is 1. The third-order valence-corrected chi connectivity index (χ3v) is 13.4. The van der Waals surface area contributed by atoms with Crippen molar-refractivity contribution in [3.05, 3.63) is 177 Å². The van der Waals surface area contributed by atoms with Crippen LogP contribution in [0.2, 0.25) is 0 Å². The summed E-state index contributed by atoms with van der Waals surface area (Å²) in [6.45, 7) is 1.49. The normalized spacial score (nSPS) is 18.2. The van der Waals surface area contributed by atoms with E-state index in [0.717, 1.165) is 44.9 Å². The van der Waals surface area contributed by atoms with Crippen molar-refractivity contribution in [1.29, 1.82) is 0 Å². The number of nitrogens with zero attached hydrogens (tertiary/aromatic N) is 2. The predicted molar refractivity (Wildman–Crippen MR) is 293 cm³/mol. The number of nitrogens with two attached hydrogens (primary N) is 2. The zero-order valence-electron chi connectivity index (χ0n) is 38.1. The number of hydrogen-bond acceptors (Lipinski definition) is 9. The molecule has 0 radical (unpaired) electrons. The van der Waals surface area contributed by atoms with Crippen LogP contribution in [0.1, 0.15) is 100 Å². The van der Waals surface area contributed by atoms with Gasteiger partial charge < -0.3 is 26.4 Å². The lowest BCUT2D eigenvalue weighted by Gasteiger charge is -2.19. The maximum Gasteiger partial charge on any atom is 0.261 e. The summed E-state index contributed by atoms with van der Waals surface area (Å²) in [6.07, 6.45) is 9.08. The number of carbonyl (C=O) groups is 4. The molecular formula is C54H61I3N4O7. The molecule has 11 nitrogen and oxygen atoms in total. The molecule has 3 aliphatic heterocycles. The molecule has 0 saturated carbocycles. The molecule has 0 aromatic heterocycles. The standard InChI is InChI=1S/C21H21NO3.C13H19NO.C11H9NO3.C9H11N.I2.HI/c23-17(10-9-14-11-15-5-1-2-6-16(15)12-14)13-22-20(24)18-7-3-4-8-19(18)21(22)25;14-9-13(15)6-5-10-7-11-3-1-2-4-12(11)8-10;13-10-8-3-1-2-4-9(8)11(14)12(10)5-7-6-15-7;10-9-5-7-3-1-2-4-8(7)6-9;1-2;/h1-8,14,17,23H,9-13H2;1-4,10,13,15H,5-9,14H2;1-4,7H,5-6H2;1-4,9H,5-6,10H2;;1H. The molecular weight excluding hydrogens is 1200 g/mol. The number of carbonyl (C=O) groups excluding carboxylic acids is 4. The zero-order chi connectivity index (χ0) is 47.5. The zero-order valence-corrected chi connectivity index (χ0v) is 44.7. The van der Waals surface area contributed by atoms with Crippen molar-refractivity contribution in [2.75, 3.05) is 26.2 Å². The van der Waals surface area contributed by atoms with Crippen molar-refractivity contribution in [2.45, 2.75) is 88.6 Å². The molecule has 5 aromatic rings. The van der Waals surface area contributed by atoms with Crippen molar-refractivity contribution in [2.24, 2.45) is 23.3 Å². The van der Waals surface area contributed by atoms with Crippen molar-refractivity contribution >= 4 is 84.8 Å². The van der Waals surface area contributed by atoms with E-state index in [1.165, 1.54) is 56.0 Å². The van der Waals surface area contributed by atoms with Crippen LogP contribution >= 0.6 is 61.2 Å². The molecule has 3 unspecified atom stereocenters. The van der Waals surface area contributed by atoms with E-state index in [2.05, 4.69) is 110 Å². The molecule has 1 saturated heterocycles. The van der Waals surface area contributed by atoms with Gasteiger partial charge in [-0.05, 0) is 134 Å². The van der Waals surface area contributed by atoms with Gasteiger partial charge in [0.1, 0.15) is 0 Å². The molecule has 3 heterocycles. The number of ether oxygens (including phenoxy) is 1. The molecule has 3 aliphatic carbocycles. The lowest BCUT2D eigenvalue weighted by atomic mass is 9.98. The van der Waals surface area contributed by atoms with Gasteiger partial charge in [-0.15, -0.1) is 24.0 Å². The second kappa shape index (κ2) is 26.0.